The minimum Gasteiger partial charge on any atom is -0.382 e. The van der Waals surface area contributed by atoms with Crippen molar-refractivity contribution in [1.82, 2.24) is 0 Å². The van der Waals surface area contributed by atoms with E-state index < -0.39 is 5.60 Å². The van der Waals surface area contributed by atoms with E-state index in [0.717, 1.165) is 0 Å². The average Bonchev–Trinajstić information content (AvgIpc) is 1.67. The fourth-order valence-electron chi connectivity index (χ4n) is 0.249. The van der Waals surface area contributed by atoms with Crippen molar-refractivity contribution < 1.29 is 9.90 Å². The van der Waals surface area contributed by atoms with Crippen LogP contribution in [0.1, 0.15) is 27.2 Å². The SMILES string of the molecule is CC[C@@](C)(O)C([13CH3])=O. The smallest absolute Gasteiger partial charge is 0.160 e. The molecule has 0 aliphatic carbocycles. The molecule has 1 N–H and O–H groups in total. The van der Waals surface area contributed by atoms with Gasteiger partial charge in [-0.15, -0.1) is 0 Å². The second-order valence-corrected chi connectivity index (χ2v) is 2.18. The highest BCUT2D eigenvalue weighted by molar-refractivity contribution is 5.83. The van der Waals surface area contributed by atoms with E-state index in [4.69, 9.17) is 5.11 Å². The van der Waals surface area contributed by atoms with E-state index in [0.29, 0.717) is 6.42 Å². The van der Waals surface area contributed by atoms with Crippen molar-refractivity contribution in [3.63, 3.8) is 0 Å². The summed E-state index contributed by atoms with van der Waals surface area (Å²) in [6, 6.07) is 0. The molecule has 0 radical (unpaired) electrons. The zero-order chi connectivity index (χ0) is 6.78. The zero-order valence-corrected chi connectivity index (χ0v) is 5.56. The van der Waals surface area contributed by atoms with Crippen LogP contribution in [-0.2, 0) is 4.79 Å². The molecule has 0 saturated carbocycles. The lowest BCUT2D eigenvalue weighted by Crippen LogP contribution is -2.31. The molecule has 2 heteroatoms. The van der Waals surface area contributed by atoms with Gasteiger partial charge in [-0.1, -0.05) is 6.92 Å². The van der Waals surface area contributed by atoms with Gasteiger partial charge < -0.3 is 5.11 Å². The van der Waals surface area contributed by atoms with Crippen LogP contribution < -0.4 is 0 Å². The fourth-order valence-corrected chi connectivity index (χ4v) is 0.249. The van der Waals surface area contributed by atoms with Gasteiger partial charge in [-0.05, 0) is 20.3 Å². The Labute approximate surface area is 49.5 Å². The van der Waals surface area contributed by atoms with Crippen LogP contribution in [0.15, 0.2) is 0 Å². The predicted molar refractivity (Wildman–Crippen MR) is 31.6 cm³/mol. The summed E-state index contributed by atoms with van der Waals surface area (Å²) in [5.41, 5.74) is -1.10. The van der Waals surface area contributed by atoms with Crippen LogP contribution in [0, 0.1) is 0 Å². The summed E-state index contributed by atoms with van der Waals surface area (Å²) in [4.78, 5) is 10.4. The maximum atomic E-state index is 10.4. The molecule has 0 aliphatic rings. The molecule has 0 fully saturated rings. The Balaban J connectivity index is 3.91. The first kappa shape index (κ1) is 7.63. The van der Waals surface area contributed by atoms with Gasteiger partial charge >= 0.3 is 0 Å². The van der Waals surface area contributed by atoms with E-state index in [1.54, 1.807) is 6.92 Å². The molecule has 2 nitrogen and oxygen atoms in total. The van der Waals surface area contributed by atoms with E-state index in [1.165, 1.54) is 13.8 Å². The number of aliphatic hydroxyl groups is 1. The summed E-state index contributed by atoms with van der Waals surface area (Å²) in [6.45, 7) is 4.69. The molecule has 1 atom stereocenters. The summed E-state index contributed by atoms with van der Waals surface area (Å²) >= 11 is 0. The summed E-state index contributed by atoms with van der Waals surface area (Å²) in [7, 11) is 0. The van der Waals surface area contributed by atoms with Gasteiger partial charge in [-0.2, -0.15) is 0 Å². The van der Waals surface area contributed by atoms with Crippen molar-refractivity contribution in [1.29, 1.82) is 0 Å². The predicted octanol–water partition coefficient (Wildman–Crippen LogP) is 0.736. The fraction of sp³-hybridized carbons (Fsp3) is 0.833. The Morgan fingerprint density at radius 2 is 2.12 bits per heavy atom. The summed E-state index contributed by atoms with van der Waals surface area (Å²) < 4.78 is 0. The molecule has 0 aromatic rings. The van der Waals surface area contributed by atoms with Crippen molar-refractivity contribution in [3.8, 4) is 0 Å². The molecule has 0 rings (SSSR count). The first-order valence-corrected chi connectivity index (χ1v) is 2.74. The lowest BCUT2D eigenvalue weighted by molar-refractivity contribution is -0.133. The minimum absolute atomic E-state index is 0.167. The van der Waals surface area contributed by atoms with Gasteiger partial charge in [0, 0.05) is 0 Å². The van der Waals surface area contributed by atoms with Gasteiger partial charge in [0.2, 0.25) is 0 Å². The monoisotopic (exact) mass is 117 g/mol. The Morgan fingerprint density at radius 3 is 2.12 bits per heavy atom. The number of carbonyl (C=O) groups excluding carboxylic acids is 1. The molecule has 0 amide bonds. The zero-order valence-electron chi connectivity index (χ0n) is 5.56. The van der Waals surface area contributed by atoms with Crippen LogP contribution in [-0.4, -0.2) is 16.5 Å². The molecule has 0 aromatic carbocycles. The molecular formula is C6H12O2. The van der Waals surface area contributed by atoms with Gasteiger partial charge in [0.1, 0.15) is 5.60 Å². The summed E-state index contributed by atoms with van der Waals surface area (Å²) in [6.07, 6.45) is 0.488. The highest BCUT2D eigenvalue weighted by Gasteiger charge is 2.22. The number of carbonyl (C=O) groups is 1. The van der Waals surface area contributed by atoms with Crippen LogP contribution in [0.3, 0.4) is 0 Å². The maximum Gasteiger partial charge on any atom is 0.160 e. The van der Waals surface area contributed by atoms with E-state index in [9.17, 15) is 4.79 Å². The maximum absolute atomic E-state index is 10.4. The highest BCUT2D eigenvalue weighted by atomic mass is 16.3. The largest absolute Gasteiger partial charge is 0.382 e. The van der Waals surface area contributed by atoms with Crippen molar-refractivity contribution in [2.24, 2.45) is 0 Å². The number of Topliss-reactive ketones (excluding diaryl/α,β-unsaturated/α-hetero) is 1. The Morgan fingerprint density at radius 1 is 1.75 bits per heavy atom. The molecule has 0 heterocycles. The second kappa shape index (κ2) is 2.27. The molecular weight excluding hydrogens is 105 g/mol. The Bertz CT molecular complexity index is 94.7. The van der Waals surface area contributed by atoms with Crippen LogP contribution in [0.2, 0.25) is 0 Å². The number of hydrogen-bond acceptors (Lipinski definition) is 2. The lowest BCUT2D eigenvalue weighted by atomic mass is 10.0. The van der Waals surface area contributed by atoms with E-state index in [1.807, 2.05) is 0 Å². The third-order valence-corrected chi connectivity index (χ3v) is 1.45. The Hall–Kier alpha value is -0.370. The van der Waals surface area contributed by atoms with Gasteiger partial charge in [0.25, 0.3) is 0 Å². The molecule has 48 valence electrons. The molecule has 0 aliphatic heterocycles. The second-order valence-electron chi connectivity index (χ2n) is 2.18. The summed E-state index contributed by atoms with van der Waals surface area (Å²) in [5.74, 6) is -0.167. The average molecular weight is 117 g/mol. The normalized spacial score (nSPS) is 17.5. The quantitative estimate of drug-likeness (QED) is 0.541. The van der Waals surface area contributed by atoms with Crippen molar-refractivity contribution in [2.45, 2.75) is 32.8 Å². The number of hydrogen-bond donors (Lipinski definition) is 1. The van der Waals surface area contributed by atoms with E-state index in [-0.39, 0.29) is 5.78 Å². The summed E-state index contributed by atoms with van der Waals surface area (Å²) in [5, 5.41) is 9.05. The minimum atomic E-state index is -1.10. The van der Waals surface area contributed by atoms with Crippen molar-refractivity contribution in [3.05, 3.63) is 0 Å². The highest BCUT2D eigenvalue weighted by Crippen LogP contribution is 2.07. The van der Waals surface area contributed by atoms with Crippen molar-refractivity contribution in [2.75, 3.05) is 0 Å². The molecule has 0 bridgehead atoms. The molecule has 0 aromatic heterocycles. The van der Waals surface area contributed by atoms with E-state index in [2.05, 4.69) is 0 Å². The third-order valence-electron chi connectivity index (χ3n) is 1.45. The van der Waals surface area contributed by atoms with Crippen LogP contribution in [0.4, 0.5) is 0 Å². The van der Waals surface area contributed by atoms with E-state index >= 15 is 0 Å². The molecule has 8 heavy (non-hydrogen) atoms. The first-order valence-electron chi connectivity index (χ1n) is 2.74. The third kappa shape index (κ3) is 1.62. The van der Waals surface area contributed by atoms with Gasteiger partial charge in [-0.25, -0.2) is 0 Å². The molecule has 0 spiro atoms. The molecule has 0 unspecified atom stereocenters. The van der Waals surface area contributed by atoms with Crippen LogP contribution in [0.25, 0.3) is 0 Å². The number of rotatable bonds is 2. The first-order chi connectivity index (χ1) is 3.50. The number of ketones is 1. The Kier molecular flexibility index (Phi) is 2.16. The van der Waals surface area contributed by atoms with Crippen molar-refractivity contribution >= 4 is 5.78 Å². The van der Waals surface area contributed by atoms with Crippen LogP contribution in [0.5, 0.6) is 0 Å². The van der Waals surface area contributed by atoms with Crippen LogP contribution >= 0.6 is 0 Å². The topological polar surface area (TPSA) is 37.3 Å². The van der Waals surface area contributed by atoms with Gasteiger partial charge in [0.15, 0.2) is 5.78 Å². The van der Waals surface area contributed by atoms with Gasteiger partial charge in [0.05, 0.1) is 0 Å². The van der Waals surface area contributed by atoms with Gasteiger partial charge in [-0.3, -0.25) is 4.79 Å². The standard InChI is InChI=1S/C6H12O2/c1-4-6(3,8)5(2)7/h8H,4H2,1-3H3/t6-/m1/s1/i2+1. The molecule has 0 saturated heterocycles. The lowest BCUT2D eigenvalue weighted by Gasteiger charge is -2.15.